The molecule has 1 aromatic heterocycles. The highest BCUT2D eigenvalue weighted by molar-refractivity contribution is 7.14. The van der Waals surface area contributed by atoms with Gasteiger partial charge in [-0.25, -0.2) is 4.98 Å². The van der Waals surface area contributed by atoms with Crippen molar-refractivity contribution in [2.24, 2.45) is 0 Å². The molecule has 0 unspecified atom stereocenters. The highest BCUT2D eigenvalue weighted by atomic mass is 35.5. The van der Waals surface area contributed by atoms with Gasteiger partial charge in [0, 0.05) is 51.8 Å². The summed E-state index contributed by atoms with van der Waals surface area (Å²) in [7, 11) is 1.64. The molecule has 2 heterocycles. The quantitative estimate of drug-likeness (QED) is 0.569. The first-order chi connectivity index (χ1) is 14.6. The molecule has 1 aliphatic heterocycles. The van der Waals surface area contributed by atoms with Gasteiger partial charge in [-0.15, -0.1) is 11.3 Å². The number of carbonyl (C=O) groups is 2. The predicted octanol–water partition coefficient (Wildman–Crippen LogP) is 2.45. The Morgan fingerprint density at radius 1 is 1.23 bits per heavy atom. The first-order valence-electron chi connectivity index (χ1n) is 9.81. The van der Waals surface area contributed by atoms with Crippen LogP contribution in [0.25, 0.3) is 0 Å². The van der Waals surface area contributed by atoms with Crippen LogP contribution in [0.3, 0.4) is 0 Å². The van der Waals surface area contributed by atoms with Gasteiger partial charge in [-0.1, -0.05) is 23.7 Å². The van der Waals surface area contributed by atoms with Crippen molar-refractivity contribution in [2.75, 3.05) is 58.3 Å². The van der Waals surface area contributed by atoms with Crippen LogP contribution >= 0.6 is 22.9 Å². The van der Waals surface area contributed by atoms with E-state index in [9.17, 15) is 9.59 Å². The number of hydrogen-bond acceptors (Lipinski definition) is 7. The molecule has 1 fully saturated rings. The summed E-state index contributed by atoms with van der Waals surface area (Å²) in [4.78, 5) is 33.0. The summed E-state index contributed by atoms with van der Waals surface area (Å²) in [5.74, 6) is -0.0946. The minimum atomic E-state index is -0.0953. The van der Waals surface area contributed by atoms with Crippen molar-refractivity contribution >= 4 is 45.6 Å². The number of anilines is 2. The molecule has 0 spiro atoms. The lowest BCUT2D eigenvalue weighted by Gasteiger charge is -2.33. The van der Waals surface area contributed by atoms with Crippen molar-refractivity contribution in [3.63, 3.8) is 0 Å². The van der Waals surface area contributed by atoms with Crippen molar-refractivity contribution in [1.29, 1.82) is 0 Å². The first kappa shape index (κ1) is 22.5. The summed E-state index contributed by atoms with van der Waals surface area (Å²) in [6.45, 7) is 4.05. The van der Waals surface area contributed by atoms with Crippen molar-refractivity contribution in [3.05, 3.63) is 40.4 Å². The van der Waals surface area contributed by atoms with Crippen LogP contribution in [-0.4, -0.2) is 79.6 Å². The zero-order valence-corrected chi connectivity index (χ0v) is 18.5. The fraction of sp³-hybridized carbons (Fsp3) is 0.450. The lowest BCUT2D eigenvalue weighted by molar-refractivity contribution is -0.122. The molecule has 0 atom stereocenters. The minimum absolute atomic E-state index is 0.000620. The summed E-state index contributed by atoms with van der Waals surface area (Å²) in [6.07, 6.45) is 0.797. The zero-order chi connectivity index (χ0) is 21.3. The zero-order valence-electron chi connectivity index (χ0n) is 16.9. The van der Waals surface area contributed by atoms with E-state index in [4.69, 9.17) is 16.3 Å². The van der Waals surface area contributed by atoms with Gasteiger partial charge in [0.1, 0.15) is 5.69 Å². The Hall–Kier alpha value is -2.20. The highest BCUT2D eigenvalue weighted by Gasteiger charge is 2.24. The van der Waals surface area contributed by atoms with Gasteiger partial charge >= 0.3 is 0 Å². The third-order valence-corrected chi connectivity index (χ3v) is 5.80. The van der Waals surface area contributed by atoms with Gasteiger partial charge in [-0.3, -0.25) is 14.5 Å². The number of aromatic nitrogens is 1. The van der Waals surface area contributed by atoms with Crippen molar-refractivity contribution in [2.45, 2.75) is 6.42 Å². The number of thiazole rings is 1. The van der Waals surface area contributed by atoms with Crippen LogP contribution in [0.1, 0.15) is 16.9 Å². The smallest absolute Gasteiger partial charge is 0.273 e. The number of para-hydroxylation sites is 1. The van der Waals surface area contributed by atoms with Gasteiger partial charge in [-0.2, -0.15) is 0 Å². The van der Waals surface area contributed by atoms with Gasteiger partial charge in [0.15, 0.2) is 5.13 Å². The van der Waals surface area contributed by atoms with E-state index in [1.54, 1.807) is 23.5 Å². The summed E-state index contributed by atoms with van der Waals surface area (Å²) in [6, 6.07) is 7.39. The molecule has 1 aromatic carbocycles. The lowest BCUT2D eigenvalue weighted by Crippen LogP contribution is -2.51. The predicted molar refractivity (Wildman–Crippen MR) is 119 cm³/mol. The molecule has 1 saturated heterocycles. The standard InChI is InChI=1S/C20H26ClN5O3S/c1-29-12-4-7-22-18(27)13-25-8-10-26(11-9-25)19(28)17-14-30-20(24-17)23-16-6-3-2-5-15(16)21/h2-3,5-6,14H,4,7-13H2,1H3,(H,22,27)(H,23,24). The van der Waals surface area contributed by atoms with Crippen molar-refractivity contribution in [1.82, 2.24) is 20.1 Å². The average molecular weight is 452 g/mol. The molecule has 1 aliphatic rings. The SMILES string of the molecule is COCCCNC(=O)CN1CCN(C(=O)c2csc(Nc3ccccc3Cl)n2)CC1. The van der Waals surface area contributed by atoms with E-state index in [0.717, 1.165) is 12.1 Å². The van der Waals surface area contributed by atoms with E-state index in [0.29, 0.717) is 61.7 Å². The lowest BCUT2D eigenvalue weighted by atomic mass is 10.3. The fourth-order valence-corrected chi connectivity index (χ4v) is 3.96. The second-order valence-corrected chi connectivity index (χ2v) is 8.17. The third kappa shape index (κ3) is 6.40. The topological polar surface area (TPSA) is 86.8 Å². The Kier molecular flexibility index (Phi) is 8.44. The summed E-state index contributed by atoms with van der Waals surface area (Å²) >= 11 is 7.52. The van der Waals surface area contributed by atoms with E-state index in [-0.39, 0.29) is 11.8 Å². The highest BCUT2D eigenvalue weighted by Crippen LogP contribution is 2.27. The van der Waals surface area contributed by atoms with Crippen molar-refractivity contribution in [3.8, 4) is 0 Å². The molecular formula is C20H26ClN5O3S. The molecule has 0 radical (unpaired) electrons. The monoisotopic (exact) mass is 451 g/mol. The van der Waals surface area contributed by atoms with Crippen LogP contribution in [0.2, 0.25) is 5.02 Å². The largest absolute Gasteiger partial charge is 0.385 e. The van der Waals surface area contributed by atoms with Crippen molar-refractivity contribution < 1.29 is 14.3 Å². The maximum absolute atomic E-state index is 12.8. The number of nitrogens with zero attached hydrogens (tertiary/aromatic N) is 3. The summed E-state index contributed by atoms with van der Waals surface area (Å²) < 4.78 is 4.97. The number of nitrogens with one attached hydrogen (secondary N) is 2. The van der Waals surface area contributed by atoms with E-state index < -0.39 is 0 Å². The maximum Gasteiger partial charge on any atom is 0.273 e. The number of ether oxygens (including phenoxy) is 1. The third-order valence-electron chi connectivity index (χ3n) is 4.71. The number of hydrogen-bond donors (Lipinski definition) is 2. The number of methoxy groups -OCH3 is 1. The number of amides is 2. The molecular weight excluding hydrogens is 426 g/mol. The molecule has 2 N–H and O–H groups in total. The van der Waals surface area contributed by atoms with Crippen LogP contribution in [0.5, 0.6) is 0 Å². The molecule has 0 aliphatic carbocycles. The Labute approximate surface area is 185 Å². The Balaban J connectivity index is 1.45. The second-order valence-electron chi connectivity index (χ2n) is 6.91. The first-order valence-corrected chi connectivity index (χ1v) is 11.1. The van der Waals surface area contributed by atoms with Gasteiger partial charge in [0.2, 0.25) is 5.91 Å². The molecule has 0 saturated carbocycles. The van der Waals surface area contributed by atoms with E-state index in [1.165, 1.54) is 11.3 Å². The summed E-state index contributed by atoms with van der Waals surface area (Å²) in [5.41, 5.74) is 1.17. The maximum atomic E-state index is 12.8. The molecule has 162 valence electrons. The van der Waals surface area contributed by atoms with Gasteiger partial charge in [0.25, 0.3) is 5.91 Å². The van der Waals surface area contributed by atoms with E-state index in [2.05, 4.69) is 20.5 Å². The minimum Gasteiger partial charge on any atom is -0.385 e. The van der Waals surface area contributed by atoms with Crippen LogP contribution in [0, 0.1) is 0 Å². The molecule has 2 aromatic rings. The number of rotatable bonds is 9. The van der Waals surface area contributed by atoms with Gasteiger partial charge in [0.05, 0.1) is 17.3 Å². The van der Waals surface area contributed by atoms with E-state index >= 15 is 0 Å². The Bertz CT molecular complexity index is 854. The van der Waals surface area contributed by atoms with Crippen LogP contribution < -0.4 is 10.6 Å². The molecule has 10 heteroatoms. The van der Waals surface area contributed by atoms with Crippen LogP contribution in [-0.2, 0) is 9.53 Å². The summed E-state index contributed by atoms with van der Waals surface area (Å²) in [5, 5.41) is 9.00. The number of halogens is 1. The Morgan fingerprint density at radius 3 is 2.73 bits per heavy atom. The van der Waals surface area contributed by atoms with Crippen LogP contribution in [0.15, 0.2) is 29.6 Å². The number of carbonyl (C=O) groups excluding carboxylic acids is 2. The van der Waals surface area contributed by atoms with Gasteiger partial charge in [-0.05, 0) is 18.6 Å². The number of benzene rings is 1. The number of piperazine rings is 1. The molecule has 0 bridgehead atoms. The molecule has 2 amide bonds. The second kappa shape index (κ2) is 11.3. The Morgan fingerprint density at radius 2 is 2.00 bits per heavy atom. The van der Waals surface area contributed by atoms with E-state index in [1.807, 2.05) is 18.2 Å². The normalized spacial score (nSPS) is 14.5. The molecule has 30 heavy (non-hydrogen) atoms. The molecule has 8 nitrogen and oxygen atoms in total. The average Bonchev–Trinajstić information content (AvgIpc) is 3.21. The van der Waals surface area contributed by atoms with Gasteiger partial charge < -0.3 is 20.3 Å². The molecule has 3 rings (SSSR count). The fourth-order valence-electron chi connectivity index (χ4n) is 3.08. The van der Waals surface area contributed by atoms with Crippen LogP contribution in [0.4, 0.5) is 10.8 Å².